The van der Waals surface area contributed by atoms with Crippen molar-refractivity contribution in [2.75, 3.05) is 0 Å². The summed E-state index contributed by atoms with van der Waals surface area (Å²) in [6.45, 7) is 0. The van der Waals surface area contributed by atoms with Gasteiger partial charge in [-0.15, -0.1) is 5.73 Å². The second kappa shape index (κ2) is 3.09. The van der Waals surface area contributed by atoms with Crippen LogP contribution in [0, 0.1) is 5.92 Å². The Morgan fingerprint density at radius 1 is 1.28 bits per heavy atom. The minimum Gasteiger partial charge on any atom is -0.351 e. The smallest absolute Gasteiger partial charge is 0.351 e. The number of hydrogen-bond acceptors (Lipinski definition) is 2. The van der Waals surface area contributed by atoms with E-state index in [0.29, 0.717) is 11.3 Å². The quantitative estimate of drug-likeness (QED) is 0.655. The third kappa shape index (κ3) is 1.23. The Bertz CT molecular complexity index is 604. The number of rotatable bonds is 0. The summed E-state index contributed by atoms with van der Waals surface area (Å²) in [5.74, 6) is -0.645. The highest BCUT2D eigenvalue weighted by molar-refractivity contribution is 5.75. The molecule has 5 aliphatic rings. The minimum atomic E-state index is -4.47. The van der Waals surface area contributed by atoms with Crippen molar-refractivity contribution in [1.82, 2.24) is 5.16 Å². The first kappa shape index (κ1) is 10.4. The van der Waals surface area contributed by atoms with Gasteiger partial charge < -0.3 is 4.52 Å². The van der Waals surface area contributed by atoms with Crippen LogP contribution in [0.25, 0.3) is 5.57 Å². The van der Waals surface area contributed by atoms with Crippen LogP contribution in [0.5, 0.6) is 0 Å². The highest BCUT2D eigenvalue weighted by Crippen LogP contribution is 2.54. The summed E-state index contributed by atoms with van der Waals surface area (Å²) < 4.78 is 43.4. The van der Waals surface area contributed by atoms with Crippen molar-refractivity contribution < 1.29 is 17.7 Å². The van der Waals surface area contributed by atoms with Gasteiger partial charge in [-0.05, 0) is 37.2 Å². The van der Waals surface area contributed by atoms with Gasteiger partial charge in [0, 0.05) is 11.5 Å². The molecule has 0 radical (unpaired) electrons. The van der Waals surface area contributed by atoms with Gasteiger partial charge in [0.15, 0.2) is 0 Å². The Morgan fingerprint density at radius 3 is 2.89 bits per heavy atom. The Balaban J connectivity index is 2.02. The molecule has 5 aliphatic carbocycles. The van der Waals surface area contributed by atoms with Crippen LogP contribution in [-0.2, 0) is 6.18 Å². The van der Waals surface area contributed by atoms with E-state index in [9.17, 15) is 13.2 Å². The summed E-state index contributed by atoms with van der Waals surface area (Å²) in [7, 11) is 0. The van der Waals surface area contributed by atoms with Crippen LogP contribution < -0.4 is 0 Å². The van der Waals surface area contributed by atoms with Crippen molar-refractivity contribution in [2.45, 2.75) is 37.8 Å². The van der Waals surface area contributed by atoms with Gasteiger partial charge in [0.1, 0.15) is 0 Å². The van der Waals surface area contributed by atoms with Gasteiger partial charge in [-0.25, -0.2) is 0 Å². The molecule has 1 aromatic heterocycles. The van der Waals surface area contributed by atoms with Crippen LogP contribution in [0.15, 0.2) is 15.8 Å². The zero-order valence-corrected chi connectivity index (χ0v) is 9.47. The summed E-state index contributed by atoms with van der Waals surface area (Å²) in [6, 6.07) is 0. The first-order valence-electron chi connectivity index (χ1n) is 6.09. The molecule has 0 spiro atoms. The molecule has 0 aliphatic heterocycles. The van der Waals surface area contributed by atoms with Crippen molar-refractivity contribution in [3.05, 3.63) is 28.3 Å². The first-order chi connectivity index (χ1) is 8.54. The SMILES string of the molecule is FC(F)(F)c1onc2c1C1=C=C3CCC1CC2C3. The predicted molar refractivity (Wildman–Crippen MR) is 56.6 cm³/mol. The van der Waals surface area contributed by atoms with Gasteiger partial charge in [0.2, 0.25) is 5.76 Å². The molecule has 1 saturated carbocycles. The van der Waals surface area contributed by atoms with E-state index < -0.39 is 11.9 Å². The number of nitrogens with zero attached hydrogens (tertiary/aromatic N) is 1. The van der Waals surface area contributed by atoms with Crippen molar-refractivity contribution in [3.63, 3.8) is 0 Å². The van der Waals surface area contributed by atoms with Gasteiger partial charge in [-0.3, -0.25) is 0 Å². The third-order valence-corrected chi connectivity index (χ3v) is 4.21. The normalized spacial score (nSPS) is 28.8. The first-order valence-corrected chi connectivity index (χ1v) is 6.09. The Hall–Kier alpha value is -1.48. The molecule has 4 bridgehead atoms. The van der Waals surface area contributed by atoms with Gasteiger partial charge in [0.05, 0.1) is 11.3 Å². The fourth-order valence-corrected chi connectivity index (χ4v) is 3.47. The largest absolute Gasteiger partial charge is 0.453 e. The van der Waals surface area contributed by atoms with Gasteiger partial charge >= 0.3 is 6.18 Å². The summed E-state index contributed by atoms with van der Waals surface area (Å²) in [5.41, 5.74) is 5.72. The molecule has 1 fully saturated rings. The number of allylic oxidation sites excluding steroid dienone is 1. The van der Waals surface area contributed by atoms with Crippen LogP contribution in [0.1, 0.15) is 48.6 Å². The zero-order chi connectivity index (χ0) is 12.5. The molecule has 2 atom stereocenters. The van der Waals surface area contributed by atoms with Crippen LogP contribution in [0.4, 0.5) is 13.2 Å². The maximum Gasteiger partial charge on any atom is 0.453 e. The molecule has 94 valence electrons. The number of halogens is 3. The number of alkyl halides is 3. The number of fused-ring (bicyclic) bond motifs is 1. The average molecular weight is 253 g/mol. The second-order valence-corrected chi connectivity index (χ2v) is 5.28. The molecule has 1 aromatic rings. The molecular formula is C13H10F3NO. The molecular weight excluding hydrogens is 243 g/mol. The lowest BCUT2D eigenvalue weighted by Crippen LogP contribution is -2.17. The third-order valence-electron chi connectivity index (χ3n) is 4.21. The maximum absolute atomic E-state index is 12.9. The van der Waals surface area contributed by atoms with Crippen LogP contribution >= 0.6 is 0 Å². The second-order valence-electron chi connectivity index (χ2n) is 5.28. The fourth-order valence-electron chi connectivity index (χ4n) is 3.47. The summed E-state index contributed by atoms with van der Waals surface area (Å²) in [5, 5.41) is 3.69. The molecule has 6 rings (SSSR count). The topological polar surface area (TPSA) is 26.0 Å². The van der Waals surface area contributed by atoms with E-state index in [2.05, 4.69) is 15.4 Å². The Labute approximate surface area is 101 Å². The summed E-state index contributed by atoms with van der Waals surface area (Å²) in [4.78, 5) is 0. The average Bonchev–Trinajstić information content (AvgIpc) is 2.52. The van der Waals surface area contributed by atoms with Crippen LogP contribution in [0.2, 0.25) is 0 Å². The van der Waals surface area contributed by atoms with Crippen LogP contribution in [-0.4, -0.2) is 5.16 Å². The van der Waals surface area contributed by atoms with Crippen molar-refractivity contribution in [3.8, 4) is 0 Å². The minimum absolute atomic E-state index is 0.0844. The van der Waals surface area contributed by atoms with E-state index >= 15 is 0 Å². The lowest BCUT2D eigenvalue weighted by Gasteiger charge is -2.26. The monoisotopic (exact) mass is 253 g/mol. The molecule has 5 heteroatoms. The molecule has 0 saturated heterocycles. The van der Waals surface area contributed by atoms with E-state index in [-0.39, 0.29) is 17.4 Å². The van der Waals surface area contributed by atoms with Gasteiger partial charge in [-0.1, -0.05) is 5.16 Å². The van der Waals surface area contributed by atoms with E-state index in [1.54, 1.807) is 0 Å². The molecule has 2 unspecified atom stereocenters. The molecule has 18 heavy (non-hydrogen) atoms. The standard InChI is InChI=1S/C13H10F3NO/c14-13(15,16)12-10-9-4-6-1-2-7(9)5-8(3-6)11(10)17-18-12/h7-8H,1-3,5H2. The molecule has 0 aromatic carbocycles. The highest BCUT2D eigenvalue weighted by atomic mass is 19.4. The summed E-state index contributed by atoms with van der Waals surface area (Å²) >= 11 is 0. The molecule has 0 amide bonds. The fraction of sp³-hybridized carbons (Fsp3) is 0.538. The van der Waals surface area contributed by atoms with Gasteiger partial charge in [0.25, 0.3) is 0 Å². The maximum atomic E-state index is 12.9. The lowest BCUT2D eigenvalue weighted by atomic mass is 9.76. The molecule has 2 nitrogen and oxygen atoms in total. The lowest BCUT2D eigenvalue weighted by molar-refractivity contribution is -0.155. The van der Waals surface area contributed by atoms with E-state index in [1.165, 1.54) is 0 Å². The summed E-state index contributed by atoms with van der Waals surface area (Å²) in [6.07, 6.45) is -0.882. The van der Waals surface area contributed by atoms with E-state index in [0.717, 1.165) is 31.3 Å². The predicted octanol–water partition coefficient (Wildman–Crippen LogP) is 3.90. The van der Waals surface area contributed by atoms with Gasteiger partial charge in [-0.2, -0.15) is 13.2 Å². The highest BCUT2D eigenvalue weighted by Gasteiger charge is 2.47. The van der Waals surface area contributed by atoms with Crippen molar-refractivity contribution >= 4 is 5.57 Å². The van der Waals surface area contributed by atoms with Crippen molar-refractivity contribution in [2.24, 2.45) is 5.92 Å². The van der Waals surface area contributed by atoms with Crippen molar-refractivity contribution in [1.29, 1.82) is 0 Å². The van der Waals surface area contributed by atoms with E-state index in [4.69, 9.17) is 0 Å². The van der Waals surface area contributed by atoms with E-state index in [1.807, 2.05) is 0 Å². The molecule has 1 heterocycles. The Morgan fingerprint density at radius 2 is 2.11 bits per heavy atom. The number of aromatic nitrogens is 1. The number of hydrogen-bond donors (Lipinski definition) is 0. The van der Waals surface area contributed by atoms with Crippen LogP contribution in [0.3, 0.4) is 0 Å². The zero-order valence-electron chi connectivity index (χ0n) is 9.47. The Kier molecular flexibility index (Phi) is 1.80. The molecule has 0 N–H and O–H groups in total.